The summed E-state index contributed by atoms with van der Waals surface area (Å²) in [4.78, 5) is 0. The Hall–Kier alpha value is -0.680. The lowest BCUT2D eigenvalue weighted by Gasteiger charge is -2.48. The zero-order valence-electron chi connectivity index (χ0n) is 26.9. The molecular weight excluding hydrogens is 620 g/mol. The molecule has 3 unspecified atom stereocenters. The molecule has 0 aromatic rings. The van der Waals surface area contributed by atoms with Gasteiger partial charge in [0.2, 0.25) is 0 Å². The SMILES string of the molecule is CC(O)COC[C@H]1O[C@H](O[C@H]2[C@H](O)[C@@H](O)[C@@H](O[C@H]3[C@H](O)[C@@H](O)[C@@H](C)O[C@@H]3COCC(C)O)O[C@@H]2COCC(C)O)[C@H](O)[C@@H](O)[C@@H]1C. The molecule has 3 aliphatic heterocycles. The monoisotopic (exact) mass is 674 g/mol. The highest BCUT2D eigenvalue weighted by atomic mass is 16.7. The van der Waals surface area contributed by atoms with Crippen LogP contribution in [0.3, 0.4) is 0 Å². The average molecular weight is 675 g/mol. The molecule has 0 amide bonds. The van der Waals surface area contributed by atoms with Crippen molar-refractivity contribution in [3.8, 4) is 0 Å². The average Bonchev–Trinajstić information content (AvgIpc) is 2.98. The van der Waals surface area contributed by atoms with Crippen LogP contribution in [0.2, 0.25) is 0 Å². The molecule has 0 saturated carbocycles. The summed E-state index contributed by atoms with van der Waals surface area (Å²) in [5.41, 5.74) is 0. The fourth-order valence-corrected chi connectivity index (χ4v) is 5.49. The Bertz CT molecular complexity index is 866. The van der Waals surface area contributed by atoms with Crippen molar-refractivity contribution < 1.29 is 83.9 Å². The van der Waals surface area contributed by atoms with E-state index in [-0.39, 0.29) is 39.6 Å². The van der Waals surface area contributed by atoms with Gasteiger partial charge in [-0.15, -0.1) is 0 Å². The Kier molecular flexibility index (Phi) is 15.9. The molecule has 0 aromatic heterocycles. The van der Waals surface area contributed by atoms with Gasteiger partial charge in [0.15, 0.2) is 12.6 Å². The zero-order chi connectivity index (χ0) is 34.3. The number of rotatable bonds is 16. The van der Waals surface area contributed by atoms with Crippen LogP contribution in [0, 0.1) is 5.92 Å². The first-order chi connectivity index (χ1) is 21.6. The second-order valence-electron chi connectivity index (χ2n) is 12.6. The van der Waals surface area contributed by atoms with Crippen LogP contribution in [0.15, 0.2) is 0 Å². The molecule has 46 heavy (non-hydrogen) atoms. The van der Waals surface area contributed by atoms with Gasteiger partial charge < -0.3 is 83.9 Å². The maximum absolute atomic E-state index is 11.3. The van der Waals surface area contributed by atoms with Gasteiger partial charge in [-0.1, -0.05) is 6.92 Å². The Morgan fingerprint density at radius 3 is 1.33 bits per heavy atom. The summed E-state index contributed by atoms with van der Waals surface area (Å²) in [7, 11) is 0. The Labute approximate surface area is 268 Å². The van der Waals surface area contributed by atoms with Gasteiger partial charge in [0.05, 0.1) is 76.3 Å². The molecular formula is C29H54O17. The summed E-state index contributed by atoms with van der Waals surface area (Å²) in [5.74, 6) is -0.593. The highest BCUT2D eigenvalue weighted by Crippen LogP contribution is 2.34. The van der Waals surface area contributed by atoms with Crippen LogP contribution < -0.4 is 0 Å². The molecule has 9 N–H and O–H groups in total. The molecule has 0 radical (unpaired) electrons. The van der Waals surface area contributed by atoms with Crippen molar-refractivity contribution in [1.82, 2.24) is 0 Å². The van der Waals surface area contributed by atoms with Crippen LogP contribution in [0.5, 0.6) is 0 Å². The van der Waals surface area contributed by atoms with Crippen molar-refractivity contribution in [3.63, 3.8) is 0 Å². The van der Waals surface area contributed by atoms with Crippen molar-refractivity contribution in [3.05, 3.63) is 0 Å². The predicted octanol–water partition coefficient (Wildman–Crippen LogP) is -4.01. The van der Waals surface area contributed by atoms with E-state index in [9.17, 15) is 46.0 Å². The van der Waals surface area contributed by atoms with Crippen molar-refractivity contribution >= 4 is 0 Å². The van der Waals surface area contributed by atoms with E-state index in [2.05, 4.69) is 0 Å². The van der Waals surface area contributed by atoms with Crippen LogP contribution in [-0.4, -0.2) is 190 Å². The largest absolute Gasteiger partial charge is 0.391 e. The minimum atomic E-state index is -1.81. The molecule has 18 atom stereocenters. The molecule has 3 fully saturated rings. The number of aliphatic hydroxyl groups is 9. The Balaban J connectivity index is 1.78. The molecule has 17 heteroatoms. The number of hydrogen-bond acceptors (Lipinski definition) is 17. The van der Waals surface area contributed by atoms with Crippen LogP contribution in [0.4, 0.5) is 0 Å². The summed E-state index contributed by atoms with van der Waals surface area (Å²) in [6.07, 6.45) is -21.4. The molecule has 3 aliphatic rings. The van der Waals surface area contributed by atoms with Crippen LogP contribution in [0.25, 0.3) is 0 Å². The minimum absolute atomic E-state index is 0.00637. The highest BCUT2D eigenvalue weighted by Gasteiger charge is 2.53. The molecule has 0 spiro atoms. The molecule has 0 bridgehead atoms. The molecule has 0 aromatic carbocycles. The van der Waals surface area contributed by atoms with Gasteiger partial charge in [-0.05, 0) is 27.7 Å². The van der Waals surface area contributed by atoms with Crippen molar-refractivity contribution in [2.24, 2.45) is 5.92 Å². The van der Waals surface area contributed by atoms with Crippen molar-refractivity contribution in [2.75, 3.05) is 39.6 Å². The molecule has 3 saturated heterocycles. The third-order valence-corrected chi connectivity index (χ3v) is 8.13. The third-order valence-electron chi connectivity index (χ3n) is 8.13. The molecule has 272 valence electrons. The van der Waals surface area contributed by atoms with Gasteiger partial charge in [-0.25, -0.2) is 0 Å². The van der Waals surface area contributed by atoms with E-state index < -0.39 is 110 Å². The van der Waals surface area contributed by atoms with E-state index in [0.29, 0.717) is 0 Å². The van der Waals surface area contributed by atoms with Gasteiger partial charge in [0.25, 0.3) is 0 Å². The number of ether oxygens (including phenoxy) is 8. The first-order valence-electron chi connectivity index (χ1n) is 15.7. The summed E-state index contributed by atoms with van der Waals surface area (Å²) in [5, 5.41) is 94.0. The van der Waals surface area contributed by atoms with Gasteiger partial charge in [-0.2, -0.15) is 0 Å². The number of aliphatic hydroxyl groups excluding tert-OH is 9. The van der Waals surface area contributed by atoms with Gasteiger partial charge in [0, 0.05) is 5.92 Å². The smallest absolute Gasteiger partial charge is 0.187 e. The van der Waals surface area contributed by atoms with Crippen molar-refractivity contribution in [1.29, 1.82) is 0 Å². The first-order valence-corrected chi connectivity index (χ1v) is 15.7. The van der Waals surface area contributed by atoms with E-state index in [1.165, 1.54) is 13.8 Å². The van der Waals surface area contributed by atoms with E-state index in [1.54, 1.807) is 20.8 Å². The standard InChI is InChI=1S/C29H54O17/c1-12(30)6-39-9-17-15(4)20(33)24(37)28(43-17)46-27-19(11-41-8-14(3)32)44-29(25(38)23(27)36)45-26-18(10-40-7-13(2)31)42-16(5)21(34)22(26)35/h12-38H,6-11H2,1-5H3/t12?,13?,14?,15-,16-,17-,18-,19-,20+,21+,22-,23-,24-,25-,26-,27-,28-,29-/m1/s1. The second-order valence-corrected chi connectivity index (χ2v) is 12.6. The predicted molar refractivity (Wildman–Crippen MR) is 154 cm³/mol. The first kappa shape index (κ1) is 39.8. The Morgan fingerprint density at radius 2 is 0.870 bits per heavy atom. The Morgan fingerprint density at radius 1 is 0.500 bits per heavy atom. The maximum Gasteiger partial charge on any atom is 0.187 e. The molecule has 3 heterocycles. The molecule has 0 aliphatic carbocycles. The van der Waals surface area contributed by atoms with Crippen molar-refractivity contribution in [2.45, 2.75) is 139 Å². The quantitative estimate of drug-likeness (QED) is 0.0756. The summed E-state index contributed by atoms with van der Waals surface area (Å²) in [6.45, 7) is 7.08. The molecule has 17 nitrogen and oxygen atoms in total. The lowest BCUT2D eigenvalue weighted by atomic mass is 9.90. The normalized spacial score (nSPS) is 44.1. The summed E-state index contributed by atoms with van der Waals surface area (Å²) < 4.78 is 45.9. The van der Waals surface area contributed by atoms with Crippen LogP contribution in [-0.2, 0) is 37.9 Å². The fraction of sp³-hybridized carbons (Fsp3) is 1.00. The van der Waals surface area contributed by atoms with E-state index in [1.807, 2.05) is 0 Å². The lowest BCUT2D eigenvalue weighted by molar-refractivity contribution is -0.371. The maximum atomic E-state index is 11.3. The highest BCUT2D eigenvalue weighted by molar-refractivity contribution is 4.96. The van der Waals surface area contributed by atoms with Crippen LogP contribution >= 0.6 is 0 Å². The fourth-order valence-electron chi connectivity index (χ4n) is 5.49. The topological polar surface area (TPSA) is 256 Å². The van der Waals surface area contributed by atoms with E-state index in [0.717, 1.165) is 0 Å². The summed E-state index contributed by atoms with van der Waals surface area (Å²) in [6, 6.07) is 0. The third kappa shape index (κ3) is 10.7. The zero-order valence-corrected chi connectivity index (χ0v) is 26.9. The van der Waals surface area contributed by atoms with E-state index in [4.69, 9.17) is 37.9 Å². The van der Waals surface area contributed by atoms with E-state index >= 15 is 0 Å². The second kappa shape index (κ2) is 18.4. The van der Waals surface area contributed by atoms with Gasteiger partial charge >= 0.3 is 0 Å². The summed E-state index contributed by atoms with van der Waals surface area (Å²) >= 11 is 0. The van der Waals surface area contributed by atoms with Gasteiger partial charge in [0.1, 0.15) is 54.9 Å². The minimum Gasteiger partial charge on any atom is -0.391 e. The molecule has 3 rings (SSSR count). The van der Waals surface area contributed by atoms with Crippen LogP contribution in [0.1, 0.15) is 34.6 Å². The van der Waals surface area contributed by atoms with Gasteiger partial charge in [-0.3, -0.25) is 0 Å². The lowest BCUT2D eigenvalue weighted by Crippen LogP contribution is -2.66. The number of hydrogen-bond donors (Lipinski definition) is 9.